The van der Waals surface area contributed by atoms with Crippen LogP contribution in [-0.4, -0.2) is 24.1 Å². The SMILES string of the molecule is Cc1c(C(C)C)ccnc1-n1c2ccccc2c2ccc(-c3cccc4c3nc(-c3cccc5c3[nH]c3ccccc35)n4-c3ccccc3)cc21. The van der Waals surface area contributed by atoms with E-state index in [1.165, 1.54) is 32.7 Å². The van der Waals surface area contributed by atoms with Crippen LogP contribution in [0.3, 0.4) is 0 Å². The minimum atomic E-state index is 0.400. The molecule has 0 amide bonds. The molecule has 0 aliphatic rings. The molecule has 0 saturated carbocycles. The molecular weight excluding hydrogens is 623 g/mol. The van der Waals surface area contributed by atoms with Crippen molar-refractivity contribution < 1.29 is 0 Å². The van der Waals surface area contributed by atoms with E-state index in [0.29, 0.717) is 5.92 Å². The van der Waals surface area contributed by atoms with Crippen LogP contribution in [-0.2, 0) is 0 Å². The molecule has 244 valence electrons. The molecule has 0 saturated heterocycles. The van der Waals surface area contributed by atoms with Crippen LogP contribution in [0.5, 0.6) is 0 Å². The number of benzene rings is 6. The van der Waals surface area contributed by atoms with Crippen molar-refractivity contribution in [3.63, 3.8) is 0 Å². The van der Waals surface area contributed by atoms with E-state index in [9.17, 15) is 0 Å². The molecule has 5 nitrogen and oxygen atoms in total. The number of hydrogen-bond donors (Lipinski definition) is 1. The Hall–Kier alpha value is -6.46. The summed E-state index contributed by atoms with van der Waals surface area (Å²) in [4.78, 5) is 14.2. The first-order valence-corrected chi connectivity index (χ1v) is 17.6. The van der Waals surface area contributed by atoms with Crippen molar-refractivity contribution in [3.8, 4) is 34.0 Å². The Labute approximate surface area is 295 Å². The van der Waals surface area contributed by atoms with Gasteiger partial charge >= 0.3 is 0 Å². The Balaban J connectivity index is 1.25. The number of pyridine rings is 1. The monoisotopic (exact) mass is 657 g/mol. The van der Waals surface area contributed by atoms with Gasteiger partial charge in [-0.2, -0.15) is 0 Å². The van der Waals surface area contributed by atoms with E-state index in [-0.39, 0.29) is 0 Å². The lowest BCUT2D eigenvalue weighted by Gasteiger charge is -2.16. The Morgan fingerprint density at radius 1 is 0.588 bits per heavy atom. The van der Waals surface area contributed by atoms with Crippen LogP contribution < -0.4 is 0 Å². The first-order valence-electron chi connectivity index (χ1n) is 17.6. The zero-order valence-electron chi connectivity index (χ0n) is 28.7. The number of H-pyrrole nitrogens is 1. The molecule has 0 aliphatic carbocycles. The molecule has 4 heterocycles. The van der Waals surface area contributed by atoms with Crippen LogP contribution >= 0.6 is 0 Å². The highest BCUT2D eigenvalue weighted by atomic mass is 15.1. The fraction of sp³-hybridized carbons (Fsp3) is 0.0870. The van der Waals surface area contributed by atoms with Crippen LogP contribution in [0.2, 0.25) is 0 Å². The number of aromatic nitrogens is 5. The molecule has 0 fully saturated rings. The molecule has 6 aromatic carbocycles. The zero-order valence-corrected chi connectivity index (χ0v) is 28.7. The lowest BCUT2D eigenvalue weighted by atomic mass is 9.99. The topological polar surface area (TPSA) is 51.4 Å². The van der Waals surface area contributed by atoms with E-state index in [2.05, 4.69) is 174 Å². The van der Waals surface area contributed by atoms with Crippen molar-refractivity contribution in [3.05, 3.63) is 157 Å². The number of imidazole rings is 1. The van der Waals surface area contributed by atoms with Gasteiger partial charge < -0.3 is 4.98 Å². The first kappa shape index (κ1) is 29.5. The van der Waals surface area contributed by atoms with Gasteiger partial charge in [-0.1, -0.05) is 105 Å². The predicted octanol–water partition coefficient (Wildman–Crippen LogP) is 11.9. The highest BCUT2D eigenvalue weighted by Gasteiger charge is 2.22. The van der Waals surface area contributed by atoms with Crippen LogP contribution in [0.25, 0.3) is 88.7 Å². The van der Waals surface area contributed by atoms with Gasteiger partial charge in [-0.05, 0) is 78.1 Å². The number of nitrogens with zero attached hydrogens (tertiary/aromatic N) is 4. The number of aromatic amines is 1. The molecule has 4 aromatic heterocycles. The summed E-state index contributed by atoms with van der Waals surface area (Å²) in [7, 11) is 0. The third-order valence-electron chi connectivity index (χ3n) is 10.5. The fourth-order valence-electron chi connectivity index (χ4n) is 8.17. The highest BCUT2D eigenvalue weighted by molar-refractivity contribution is 6.13. The maximum atomic E-state index is 5.53. The molecule has 0 spiro atoms. The summed E-state index contributed by atoms with van der Waals surface area (Å²) >= 11 is 0. The second kappa shape index (κ2) is 11.3. The van der Waals surface area contributed by atoms with Crippen molar-refractivity contribution in [1.82, 2.24) is 24.1 Å². The summed E-state index contributed by atoms with van der Waals surface area (Å²) in [5, 5.41) is 4.83. The molecule has 0 unspecified atom stereocenters. The maximum absolute atomic E-state index is 5.53. The van der Waals surface area contributed by atoms with E-state index < -0.39 is 0 Å². The standard InChI is InChI=1S/C46H35N5/c1-28(2)32-25-26-47-45(29(32)3)51-40-21-10-8-16-35(40)36-24-23-30(27-42(36)51)33-17-12-22-41-44(33)49-46(50(41)31-13-5-4-6-14-31)38-19-11-18-37-34-15-7-9-20-39(34)48-43(37)38/h4-28,48H,1-3H3. The smallest absolute Gasteiger partial charge is 0.147 e. The average molecular weight is 658 g/mol. The Morgan fingerprint density at radius 2 is 1.29 bits per heavy atom. The van der Waals surface area contributed by atoms with Crippen LogP contribution in [0.4, 0.5) is 0 Å². The molecule has 51 heavy (non-hydrogen) atoms. The third-order valence-corrected chi connectivity index (χ3v) is 10.5. The van der Waals surface area contributed by atoms with Crippen LogP contribution in [0, 0.1) is 6.92 Å². The summed E-state index contributed by atoms with van der Waals surface area (Å²) < 4.78 is 4.65. The summed E-state index contributed by atoms with van der Waals surface area (Å²) in [6.07, 6.45) is 1.95. The van der Waals surface area contributed by atoms with Crippen molar-refractivity contribution in [2.45, 2.75) is 26.7 Å². The quantitative estimate of drug-likeness (QED) is 0.200. The van der Waals surface area contributed by atoms with Crippen LogP contribution in [0.1, 0.15) is 30.9 Å². The van der Waals surface area contributed by atoms with Crippen molar-refractivity contribution >= 4 is 54.6 Å². The molecular formula is C46H35N5. The molecule has 10 rings (SSSR count). The summed E-state index contributed by atoms with van der Waals surface area (Å²) in [5.74, 6) is 2.28. The zero-order chi connectivity index (χ0) is 34.2. The molecule has 0 bridgehead atoms. The van der Waals surface area contributed by atoms with Gasteiger partial charge in [0.05, 0.1) is 27.6 Å². The number of hydrogen-bond acceptors (Lipinski definition) is 2. The maximum Gasteiger partial charge on any atom is 0.147 e. The third kappa shape index (κ3) is 4.41. The normalized spacial score (nSPS) is 12.0. The average Bonchev–Trinajstić information content (AvgIpc) is 3.85. The lowest BCUT2D eigenvalue weighted by molar-refractivity contribution is 0.845. The molecule has 0 radical (unpaired) electrons. The van der Waals surface area contributed by atoms with Crippen molar-refractivity contribution in [1.29, 1.82) is 0 Å². The minimum Gasteiger partial charge on any atom is -0.354 e. The predicted molar refractivity (Wildman–Crippen MR) is 212 cm³/mol. The van der Waals surface area contributed by atoms with E-state index in [4.69, 9.17) is 9.97 Å². The molecule has 10 aromatic rings. The van der Waals surface area contributed by atoms with Gasteiger partial charge in [0.2, 0.25) is 0 Å². The number of fused-ring (bicyclic) bond motifs is 7. The van der Waals surface area contributed by atoms with E-state index in [1.807, 2.05) is 6.20 Å². The van der Waals surface area contributed by atoms with Crippen molar-refractivity contribution in [2.75, 3.05) is 0 Å². The Bertz CT molecular complexity index is 2960. The van der Waals surface area contributed by atoms with Gasteiger partial charge in [0.1, 0.15) is 11.6 Å². The summed E-state index contributed by atoms with van der Waals surface area (Å²) in [5.41, 5.74) is 13.4. The first-order chi connectivity index (χ1) is 25.1. The lowest BCUT2D eigenvalue weighted by Crippen LogP contribution is -2.04. The van der Waals surface area contributed by atoms with Gasteiger partial charge in [-0.15, -0.1) is 0 Å². The van der Waals surface area contributed by atoms with Crippen LogP contribution in [0.15, 0.2) is 146 Å². The summed E-state index contributed by atoms with van der Waals surface area (Å²) in [6, 6.07) is 49.8. The second-order valence-electron chi connectivity index (χ2n) is 13.8. The van der Waals surface area contributed by atoms with Gasteiger partial charge in [0.15, 0.2) is 0 Å². The molecule has 1 N–H and O–H groups in total. The van der Waals surface area contributed by atoms with Crippen molar-refractivity contribution in [2.24, 2.45) is 0 Å². The van der Waals surface area contributed by atoms with E-state index in [1.54, 1.807) is 0 Å². The molecule has 5 heteroatoms. The van der Waals surface area contributed by atoms with E-state index >= 15 is 0 Å². The minimum absolute atomic E-state index is 0.400. The largest absolute Gasteiger partial charge is 0.354 e. The highest BCUT2D eigenvalue weighted by Crippen LogP contribution is 2.40. The number of nitrogens with one attached hydrogen (secondary N) is 1. The summed E-state index contributed by atoms with van der Waals surface area (Å²) in [6.45, 7) is 6.70. The van der Waals surface area contributed by atoms with Gasteiger partial charge in [-0.25, -0.2) is 9.97 Å². The number of para-hydroxylation sites is 5. The number of rotatable bonds is 5. The van der Waals surface area contributed by atoms with Gasteiger partial charge in [0, 0.05) is 50.1 Å². The molecule has 0 aliphatic heterocycles. The Morgan fingerprint density at radius 3 is 2.16 bits per heavy atom. The Kier molecular flexibility index (Phi) is 6.52. The second-order valence-corrected chi connectivity index (χ2v) is 13.8. The fourth-order valence-corrected chi connectivity index (χ4v) is 8.17. The molecule has 0 atom stereocenters. The van der Waals surface area contributed by atoms with Gasteiger partial charge in [-0.3, -0.25) is 9.13 Å². The van der Waals surface area contributed by atoms with E-state index in [0.717, 1.165) is 67.1 Å². The van der Waals surface area contributed by atoms with Gasteiger partial charge in [0.25, 0.3) is 0 Å².